The Bertz CT molecular complexity index is 749. The minimum Gasteiger partial charge on any atom is -0.481 e. The minimum absolute atomic E-state index is 0.330. The number of anilines is 2. The van der Waals surface area contributed by atoms with E-state index < -0.39 is 0 Å². The Hall–Kier alpha value is -2.88. The van der Waals surface area contributed by atoms with Crippen molar-refractivity contribution in [2.45, 2.75) is 25.8 Å². The van der Waals surface area contributed by atoms with Gasteiger partial charge in [0, 0.05) is 30.9 Å². The number of hydrogen-bond acceptors (Lipinski definition) is 7. The molecule has 7 heteroatoms. The van der Waals surface area contributed by atoms with Crippen molar-refractivity contribution in [2.75, 3.05) is 30.4 Å². The van der Waals surface area contributed by atoms with Crippen molar-refractivity contribution in [1.82, 2.24) is 15.0 Å². The zero-order chi connectivity index (χ0) is 16.9. The summed E-state index contributed by atoms with van der Waals surface area (Å²) in [5.41, 5.74) is 1.56. The van der Waals surface area contributed by atoms with Crippen molar-refractivity contribution in [3.05, 3.63) is 35.8 Å². The topological polar surface area (TPSA) is 87.0 Å². The van der Waals surface area contributed by atoms with Gasteiger partial charge in [0.1, 0.15) is 24.0 Å². The maximum atomic E-state index is 9.28. The second kappa shape index (κ2) is 7.13. The Labute approximate surface area is 141 Å². The molecule has 0 aliphatic carbocycles. The molecule has 1 N–H and O–H groups in total. The number of piperidine rings is 1. The van der Waals surface area contributed by atoms with Gasteiger partial charge >= 0.3 is 0 Å². The molecule has 0 aromatic carbocycles. The van der Waals surface area contributed by atoms with Crippen molar-refractivity contribution < 1.29 is 4.74 Å². The van der Waals surface area contributed by atoms with E-state index in [2.05, 4.69) is 31.2 Å². The maximum Gasteiger partial charge on any atom is 0.218 e. The zero-order valence-electron chi connectivity index (χ0n) is 13.9. The summed E-state index contributed by atoms with van der Waals surface area (Å²) in [4.78, 5) is 15.0. The highest BCUT2D eigenvalue weighted by atomic mass is 16.5. The van der Waals surface area contributed by atoms with Crippen LogP contribution in [0.2, 0.25) is 0 Å². The Morgan fingerprint density at radius 1 is 1.29 bits per heavy atom. The van der Waals surface area contributed by atoms with E-state index in [4.69, 9.17) is 4.74 Å². The number of ether oxygens (including phenoxy) is 1. The van der Waals surface area contributed by atoms with Gasteiger partial charge in [0.25, 0.3) is 0 Å². The van der Waals surface area contributed by atoms with Crippen LogP contribution in [0.1, 0.15) is 24.1 Å². The predicted molar refractivity (Wildman–Crippen MR) is 91.1 cm³/mol. The first-order chi connectivity index (χ1) is 11.7. The molecule has 1 saturated heterocycles. The van der Waals surface area contributed by atoms with Crippen LogP contribution >= 0.6 is 0 Å². The van der Waals surface area contributed by atoms with Gasteiger partial charge < -0.3 is 15.0 Å². The molecule has 124 valence electrons. The van der Waals surface area contributed by atoms with Gasteiger partial charge in [0.15, 0.2) is 0 Å². The molecule has 7 nitrogen and oxygen atoms in total. The Kier molecular flexibility index (Phi) is 4.75. The molecular weight excluding hydrogens is 304 g/mol. The minimum atomic E-state index is 0.330. The van der Waals surface area contributed by atoms with Gasteiger partial charge in [-0.3, -0.25) is 0 Å². The van der Waals surface area contributed by atoms with E-state index in [0.29, 0.717) is 17.5 Å². The van der Waals surface area contributed by atoms with E-state index in [9.17, 15) is 5.26 Å². The van der Waals surface area contributed by atoms with Crippen LogP contribution in [-0.2, 0) is 0 Å². The SMILES string of the molecule is COc1cc(NC2CCN(c3nc(C)ccc3C#N)CC2)ncn1. The lowest BCUT2D eigenvalue weighted by molar-refractivity contribution is 0.397. The van der Waals surface area contributed by atoms with Gasteiger partial charge in [-0.15, -0.1) is 0 Å². The molecule has 3 heterocycles. The summed E-state index contributed by atoms with van der Waals surface area (Å²) in [5, 5.41) is 12.7. The number of hydrogen-bond donors (Lipinski definition) is 1. The lowest BCUT2D eigenvalue weighted by Crippen LogP contribution is -2.40. The Morgan fingerprint density at radius 2 is 2.08 bits per heavy atom. The van der Waals surface area contributed by atoms with Crippen LogP contribution in [0.4, 0.5) is 11.6 Å². The molecule has 2 aromatic rings. The van der Waals surface area contributed by atoms with Crippen LogP contribution < -0.4 is 15.0 Å². The molecule has 0 spiro atoms. The van der Waals surface area contributed by atoms with Crippen molar-refractivity contribution in [2.24, 2.45) is 0 Å². The third-order valence-corrected chi connectivity index (χ3v) is 4.13. The monoisotopic (exact) mass is 324 g/mol. The third-order valence-electron chi connectivity index (χ3n) is 4.13. The summed E-state index contributed by atoms with van der Waals surface area (Å²) >= 11 is 0. The molecule has 24 heavy (non-hydrogen) atoms. The third kappa shape index (κ3) is 3.54. The van der Waals surface area contributed by atoms with Crippen molar-refractivity contribution in [1.29, 1.82) is 5.26 Å². The molecular formula is C17H20N6O. The lowest BCUT2D eigenvalue weighted by Gasteiger charge is -2.33. The van der Waals surface area contributed by atoms with Crippen LogP contribution in [0.25, 0.3) is 0 Å². The largest absolute Gasteiger partial charge is 0.481 e. The number of nitrogens with one attached hydrogen (secondary N) is 1. The van der Waals surface area contributed by atoms with E-state index in [1.54, 1.807) is 13.2 Å². The van der Waals surface area contributed by atoms with E-state index in [1.807, 2.05) is 19.1 Å². The smallest absolute Gasteiger partial charge is 0.218 e. The van der Waals surface area contributed by atoms with E-state index in [-0.39, 0.29) is 0 Å². The average Bonchev–Trinajstić information content (AvgIpc) is 2.62. The second-order valence-corrected chi connectivity index (χ2v) is 5.79. The molecule has 0 atom stereocenters. The fraction of sp³-hybridized carbons (Fsp3) is 0.412. The van der Waals surface area contributed by atoms with Gasteiger partial charge in [0.05, 0.1) is 12.7 Å². The van der Waals surface area contributed by atoms with Crippen LogP contribution in [0.5, 0.6) is 5.88 Å². The van der Waals surface area contributed by atoms with Crippen molar-refractivity contribution in [3.8, 4) is 11.9 Å². The predicted octanol–water partition coefficient (Wildman–Crippen LogP) is 2.14. The molecule has 1 aliphatic rings. The maximum absolute atomic E-state index is 9.28. The quantitative estimate of drug-likeness (QED) is 0.922. The Balaban J connectivity index is 1.64. The molecule has 0 radical (unpaired) electrons. The molecule has 1 fully saturated rings. The highest BCUT2D eigenvalue weighted by Gasteiger charge is 2.22. The van der Waals surface area contributed by atoms with Gasteiger partial charge in [-0.05, 0) is 31.9 Å². The number of rotatable bonds is 4. The van der Waals surface area contributed by atoms with Gasteiger partial charge in [0.2, 0.25) is 5.88 Å². The summed E-state index contributed by atoms with van der Waals surface area (Å²) in [6.07, 6.45) is 3.39. The molecule has 3 rings (SSSR count). The number of aryl methyl sites for hydroxylation is 1. The summed E-state index contributed by atoms with van der Waals surface area (Å²) in [6.45, 7) is 3.65. The van der Waals surface area contributed by atoms with Gasteiger partial charge in [-0.2, -0.15) is 5.26 Å². The summed E-state index contributed by atoms with van der Waals surface area (Å²) < 4.78 is 5.12. The summed E-state index contributed by atoms with van der Waals surface area (Å²) in [6, 6.07) is 8.07. The molecule has 0 unspecified atom stereocenters. The first-order valence-corrected chi connectivity index (χ1v) is 7.95. The second-order valence-electron chi connectivity index (χ2n) is 5.79. The van der Waals surface area contributed by atoms with Crippen LogP contribution in [0.15, 0.2) is 24.5 Å². The number of aromatic nitrogens is 3. The van der Waals surface area contributed by atoms with Gasteiger partial charge in [-0.25, -0.2) is 15.0 Å². The molecule has 0 amide bonds. The van der Waals surface area contributed by atoms with Crippen LogP contribution in [-0.4, -0.2) is 41.2 Å². The van der Waals surface area contributed by atoms with E-state index in [1.165, 1.54) is 6.33 Å². The number of nitriles is 1. The van der Waals surface area contributed by atoms with Crippen LogP contribution in [0.3, 0.4) is 0 Å². The first-order valence-electron chi connectivity index (χ1n) is 7.95. The standard InChI is InChI=1S/C17H20N6O/c1-12-3-4-13(10-18)17(21-12)23-7-5-14(6-8-23)22-15-9-16(24-2)20-11-19-15/h3-4,9,11,14H,5-8H2,1-2H3,(H,19,20,22). The highest BCUT2D eigenvalue weighted by Crippen LogP contribution is 2.24. The van der Waals surface area contributed by atoms with Crippen molar-refractivity contribution in [3.63, 3.8) is 0 Å². The molecule has 0 bridgehead atoms. The lowest BCUT2D eigenvalue weighted by atomic mass is 10.0. The number of nitrogens with zero attached hydrogens (tertiary/aromatic N) is 5. The van der Waals surface area contributed by atoms with Crippen LogP contribution in [0, 0.1) is 18.3 Å². The van der Waals surface area contributed by atoms with Crippen molar-refractivity contribution >= 4 is 11.6 Å². The fourth-order valence-corrected chi connectivity index (χ4v) is 2.85. The molecule has 1 aliphatic heterocycles. The molecule has 0 saturated carbocycles. The normalized spacial score (nSPS) is 15.0. The summed E-state index contributed by atoms with van der Waals surface area (Å²) in [7, 11) is 1.59. The highest BCUT2D eigenvalue weighted by molar-refractivity contribution is 5.54. The fourth-order valence-electron chi connectivity index (χ4n) is 2.85. The zero-order valence-corrected chi connectivity index (χ0v) is 13.9. The Morgan fingerprint density at radius 3 is 2.79 bits per heavy atom. The van der Waals surface area contributed by atoms with E-state index >= 15 is 0 Å². The average molecular weight is 324 g/mol. The number of pyridine rings is 1. The number of methoxy groups -OCH3 is 1. The van der Waals surface area contributed by atoms with E-state index in [0.717, 1.165) is 43.3 Å². The first kappa shape index (κ1) is 16.0. The van der Waals surface area contributed by atoms with Gasteiger partial charge in [-0.1, -0.05) is 0 Å². The molecule has 2 aromatic heterocycles. The summed E-state index contributed by atoms with van der Waals surface area (Å²) in [5.74, 6) is 2.11.